The molecular weight excluding hydrogens is 365 g/mol. The van der Waals surface area contributed by atoms with Crippen LogP contribution in [0, 0.1) is 0 Å². The number of hydrogen-bond donors (Lipinski definition) is 3. The number of hydrogen-bond acceptors (Lipinski definition) is 8. The third kappa shape index (κ3) is 2.12. The Morgan fingerprint density at radius 1 is 1.59 bits per heavy atom. The highest BCUT2D eigenvalue weighted by atomic mass is 79.9. The van der Waals surface area contributed by atoms with Crippen molar-refractivity contribution in [2.24, 2.45) is 0 Å². The molecule has 2 aromatic rings. The maximum Gasteiger partial charge on any atom is 0.246 e. The van der Waals surface area contributed by atoms with Crippen molar-refractivity contribution in [1.82, 2.24) is 19.5 Å². The van der Waals surface area contributed by atoms with Crippen LogP contribution in [0.4, 0.5) is 10.3 Å². The number of anilines is 1. The molecule has 9 nitrogen and oxygen atoms in total. The number of nitrogen functional groups attached to an aromatic ring is 1. The molecule has 0 radical (unpaired) electrons. The van der Waals surface area contributed by atoms with Crippen molar-refractivity contribution in [1.29, 1.82) is 0 Å². The Labute approximate surface area is 132 Å². The van der Waals surface area contributed by atoms with Gasteiger partial charge in [-0.15, -0.1) is 0 Å². The zero-order valence-corrected chi connectivity index (χ0v) is 12.9. The third-order valence-electron chi connectivity index (χ3n) is 3.41. The maximum absolute atomic E-state index is 14.8. The second-order valence-electron chi connectivity index (χ2n) is 4.74. The lowest BCUT2D eigenvalue weighted by molar-refractivity contribution is -0.0472. The number of aliphatic hydroxyl groups is 2. The molecule has 3 rings (SSSR count). The van der Waals surface area contributed by atoms with Crippen LogP contribution in [0.3, 0.4) is 0 Å². The number of methoxy groups -OCH3 is 1. The Hall–Kier alpha value is -1.56. The fraction of sp³-hybridized carbons (Fsp3) is 0.545. The zero-order valence-electron chi connectivity index (χ0n) is 11.3. The lowest BCUT2D eigenvalue weighted by Crippen LogP contribution is -2.37. The smallest absolute Gasteiger partial charge is 0.246 e. The van der Waals surface area contributed by atoms with Gasteiger partial charge in [0.05, 0.1) is 20.0 Å². The first-order chi connectivity index (χ1) is 10.4. The molecule has 120 valence electrons. The highest BCUT2D eigenvalue weighted by Gasteiger charge is 2.57. The van der Waals surface area contributed by atoms with Crippen molar-refractivity contribution in [2.45, 2.75) is 23.0 Å². The van der Waals surface area contributed by atoms with E-state index in [4.69, 9.17) is 20.3 Å². The van der Waals surface area contributed by atoms with Crippen LogP contribution in [-0.4, -0.2) is 60.2 Å². The van der Waals surface area contributed by atoms with Crippen LogP contribution >= 0.6 is 15.9 Å². The Kier molecular flexibility index (Phi) is 3.67. The van der Waals surface area contributed by atoms with E-state index in [0.29, 0.717) is 0 Å². The molecule has 0 bridgehead atoms. The molecule has 22 heavy (non-hydrogen) atoms. The maximum atomic E-state index is 14.8. The molecule has 1 saturated heterocycles. The van der Waals surface area contributed by atoms with Gasteiger partial charge in [0.25, 0.3) is 0 Å². The van der Waals surface area contributed by atoms with Crippen LogP contribution in [0.25, 0.3) is 11.2 Å². The number of imidazole rings is 1. The van der Waals surface area contributed by atoms with E-state index in [2.05, 4.69) is 30.9 Å². The summed E-state index contributed by atoms with van der Waals surface area (Å²) >= 11 is 2.81. The average molecular weight is 378 g/mol. The number of alkyl halides is 2. The van der Waals surface area contributed by atoms with E-state index in [-0.39, 0.29) is 23.0 Å². The van der Waals surface area contributed by atoms with Gasteiger partial charge in [0, 0.05) is 0 Å². The second-order valence-corrected chi connectivity index (χ2v) is 5.96. The quantitative estimate of drug-likeness (QED) is 0.623. The molecule has 0 aromatic carbocycles. The van der Waals surface area contributed by atoms with Gasteiger partial charge >= 0.3 is 0 Å². The van der Waals surface area contributed by atoms with Crippen LogP contribution in [0.15, 0.2) is 6.33 Å². The minimum absolute atomic E-state index is 0.0811. The summed E-state index contributed by atoms with van der Waals surface area (Å²) in [6.07, 6.45) is -2.69. The highest BCUT2D eigenvalue weighted by Crippen LogP contribution is 2.47. The van der Waals surface area contributed by atoms with Crippen molar-refractivity contribution in [3.8, 4) is 5.88 Å². The van der Waals surface area contributed by atoms with Gasteiger partial charge in [0.2, 0.25) is 16.4 Å². The average Bonchev–Trinajstić information content (AvgIpc) is 2.98. The first-order valence-electron chi connectivity index (χ1n) is 6.26. The summed E-state index contributed by atoms with van der Waals surface area (Å²) in [7, 11) is 1.39. The van der Waals surface area contributed by atoms with Gasteiger partial charge in [0.1, 0.15) is 12.2 Å². The molecule has 4 N–H and O–H groups in total. The lowest BCUT2D eigenvalue weighted by atomic mass is 10.1. The van der Waals surface area contributed by atoms with Crippen molar-refractivity contribution in [2.75, 3.05) is 19.5 Å². The molecule has 4 atom stereocenters. The number of nitrogens with zero attached hydrogens (tertiary/aromatic N) is 4. The number of ether oxygens (including phenoxy) is 2. The van der Waals surface area contributed by atoms with Gasteiger partial charge < -0.3 is 25.4 Å². The number of halogens is 2. The van der Waals surface area contributed by atoms with E-state index < -0.39 is 29.6 Å². The first-order valence-corrected chi connectivity index (χ1v) is 7.05. The van der Waals surface area contributed by atoms with Crippen molar-refractivity contribution < 1.29 is 24.1 Å². The van der Waals surface area contributed by atoms with Gasteiger partial charge in [-0.1, -0.05) is 0 Å². The second kappa shape index (κ2) is 5.26. The van der Waals surface area contributed by atoms with Gasteiger partial charge in [-0.25, -0.2) is 9.37 Å². The monoisotopic (exact) mass is 377 g/mol. The number of aliphatic hydroxyl groups excluding tert-OH is 2. The Balaban J connectivity index is 2.13. The minimum atomic E-state index is -2.33. The number of fused-ring (bicyclic) bond motifs is 1. The summed E-state index contributed by atoms with van der Waals surface area (Å²) in [5, 5.41) is 19.1. The molecule has 11 heteroatoms. The fourth-order valence-electron chi connectivity index (χ4n) is 2.34. The third-order valence-corrected chi connectivity index (χ3v) is 4.27. The predicted octanol–water partition coefficient (Wildman–Crippen LogP) is -0.272. The van der Waals surface area contributed by atoms with E-state index in [1.165, 1.54) is 18.0 Å². The van der Waals surface area contributed by atoms with Crippen LogP contribution in [-0.2, 0) is 4.74 Å². The SMILES string of the molecule is COc1nc(N)nc2c1ncn2[C@@H]1O[C@H](CO)[C@H](O)C1(F)Br. The van der Waals surface area contributed by atoms with Crippen LogP contribution in [0.1, 0.15) is 6.23 Å². The van der Waals surface area contributed by atoms with Crippen LogP contribution < -0.4 is 10.5 Å². The molecule has 0 aliphatic carbocycles. The molecule has 1 aliphatic rings. The molecule has 1 fully saturated rings. The summed E-state index contributed by atoms with van der Waals surface area (Å²) < 4.78 is 24.1. The molecule has 0 saturated carbocycles. The van der Waals surface area contributed by atoms with E-state index in [9.17, 15) is 9.50 Å². The molecule has 3 heterocycles. The van der Waals surface area contributed by atoms with Crippen molar-refractivity contribution in [3.05, 3.63) is 6.33 Å². The number of rotatable bonds is 3. The summed E-state index contributed by atoms with van der Waals surface area (Å²) in [4.78, 5) is 11.9. The largest absolute Gasteiger partial charge is 0.479 e. The van der Waals surface area contributed by atoms with Crippen LogP contribution in [0.2, 0.25) is 0 Å². The van der Waals surface area contributed by atoms with Gasteiger partial charge in [0.15, 0.2) is 17.4 Å². The summed E-state index contributed by atoms with van der Waals surface area (Å²) in [5.41, 5.74) is 6.05. The van der Waals surface area contributed by atoms with Gasteiger partial charge in [-0.3, -0.25) is 4.57 Å². The van der Waals surface area contributed by atoms with Crippen LogP contribution in [0.5, 0.6) is 5.88 Å². The standard InChI is InChI=1S/C11H13BrFN5O4/c1-21-8-5-7(16-10(14)17-8)18(3-15-5)9-11(12,13)6(20)4(2-19)22-9/h3-4,6,9,19-20H,2H2,1H3,(H2,14,16,17)/t4-,6+,9-,11?/m1/s1. The fourth-order valence-corrected chi connectivity index (χ4v) is 2.96. The van der Waals surface area contributed by atoms with E-state index in [0.717, 1.165) is 0 Å². The molecule has 0 spiro atoms. The summed E-state index contributed by atoms with van der Waals surface area (Å²) in [5.74, 6) is 0.0555. The van der Waals surface area contributed by atoms with E-state index in [1.54, 1.807) is 0 Å². The number of nitrogens with two attached hydrogens (primary N) is 1. The number of aromatic nitrogens is 4. The van der Waals surface area contributed by atoms with Crippen molar-refractivity contribution in [3.63, 3.8) is 0 Å². The summed E-state index contributed by atoms with van der Waals surface area (Å²) in [6, 6.07) is 0. The summed E-state index contributed by atoms with van der Waals surface area (Å²) in [6.45, 7) is -0.540. The molecule has 2 aromatic heterocycles. The van der Waals surface area contributed by atoms with E-state index in [1.807, 2.05) is 0 Å². The zero-order chi connectivity index (χ0) is 16.1. The van der Waals surface area contributed by atoms with Gasteiger partial charge in [-0.2, -0.15) is 9.97 Å². The Morgan fingerprint density at radius 2 is 2.32 bits per heavy atom. The topological polar surface area (TPSA) is 129 Å². The Morgan fingerprint density at radius 3 is 2.91 bits per heavy atom. The molecule has 0 amide bonds. The Bertz CT molecular complexity index is 711. The molecule has 1 aliphatic heterocycles. The minimum Gasteiger partial charge on any atom is -0.479 e. The normalized spacial score (nSPS) is 31.8. The predicted molar refractivity (Wildman–Crippen MR) is 76.1 cm³/mol. The lowest BCUT2D eigenvalue weighted by Gasteiger charge is -2.22. The molecule has 1 unspecified atom stereocenters. The highest BCUT2D eigenvalue weighted by molar-refractivity contribution is 9.10. The van der Waals surface area contributed by atoms with Gasteiger partial charge in [-0.05, 0) is 15.9 Å². The van der Waals surface area contributed by atoms with E-state index >= 15 is 0 Å². The first kappa shape index (κ1) is 15.3. The van der Waals surface area contributed by atoms with Crippen molar-refractivity contribution >= 4 is 33.0 Å². The molecular formula is C11H13BrFN5O4.